The summed E-state index contributed by atoms with van der Waals surface area (Å²) in [5.74, 6) is 0. The highest BCUT2D eigenvalue weighted by Crippen LogP contribution is 2.60. The molecule has 0 radical (unpaired) electrons. The van der Waals surface area contributed by atoms with Gasteiger partial charge in [-0.05, 0) is 87.5 Å². The van der Waals surface area contributed by atoms with Crippen LogP contribution in [0.1, 0.15) is 55.5 Å². The van der Waals surface area contributed by atoms with Gasteiger partial charge in [-0.2, -0.15) is 0 Å². The van der Waals surface area contributed by atoms with Gasteiger partial charge in [-0.1, -0.05) is 131 Å². The Hall–Kier alpha value is -5.34. The van der Waals surface area contributed by atoms with Crippen LogP contribution >= 0.6 is 0 Å². The summed E-state index contributed by atoms with van der Waals surface area (Å²) in [6, 6.07) is 51.0. The molecule has 2 heterocycles. The third-order valence-electron chi connectivity index (χ3n) is 10.2. The summed E-state index contributed by atoms with van der Waals surface area (Å²) in [4.78, 5) is 4.91. The van der Waals surface area contributed by atoms with Crippen LogP contribution in [-0.2, 0) is 10.8 Å². The molecule has 0 saturated heterocycles. The molecule has 0 aromatic heterocycles. The van der Waals surface area contributed by atoms with Crippen molar-refractivity contribution in [2.75, 3.05) is 9.80 Å². The summed E-state index contributed by atoms with van der Waals surface area (Å²) in [6.45, 7) is 13.5. The second-order valence-corrected chi connectivity index (χ2v) is 13.6. The van der Waals surface area contributed by atoms with Crippen LogP contribution in [0.4, 0.5) is 34.1 Å². The van der Waals surface area contributed by atoms with Gasteiger partial charge in [-0.25, -0.2) is 0 Å². The first-order valence-electron chi connectivity index (χ1n) is 16.2. The van der Waals surface area contributed by atoms with Crippen molar-refractivity contribution >= 4 is 40.2 Å². The lowest BCUT2D eigenvalue weighted by atomic mass is 9.66. The van der Waals surface area contributed by atoms with E-state index in [-0.39, 0.29) is 10.8 Å². The quantitative estimate of drug-likeness (QED) is 0.196. The second-order valence-electron chi connectivity index (χ2n) is 13.6. The van der Waals surface area contributed by atoms with Gasteiger partial charge in [-0.3, -0.25) is 0 Å². The largest absolute Gasteiger partial charge is 0.310 e. The summed E-state index contributed by atoms with van der Waals surface area (Å²) in [6.07, 6.45) is 1.90. The maximum Gasteiger partial charge on any atom is 0.0543 e. The molecular formula is C44H38N2. The minimum Gasteiger partial charge on any atom is -0.310 e. The lowest BCUT2D eigenvalue weighted by molar-refractivity contribution is 0.597. The molecule has 2 heteroatoms. The number of para-hydroxylation sites is 2. The van der Waals surface area contributed by atoms with Crippen LogP contribution in [0.5, 0.6) is 0 Å². The SMILES string of the molecule is C=Cc1ccc(N(c2cccc(-c3ccccc3)c2)c2ccc3c(c2)C(C)(C)c2cccc4c2N3c2ccccc2C4(C)C)cc1. The molecule has 0 spiro atoms. The highest BCUT2D eigenvalue weighted by Gasteiger charge is 2.45. The summed E-state index contributed by atoms with van der Waals surface area (Å²) in [5.41, 5.74) is 15.8. The zero-order valence-corrected chi connectivity index (χ0v) is 27.0. The summed E-state index contributed by atoms with van der Waals surface area (Å²) < 4.78 is 0. The van der Waals surface area contributed by atoms with Crippen LogP contribution in [-0.4, -0.2) is 0 Å². The third kappa shape index (κ3) is 4.17. The van der Waals surface area contributed by atoms with E-state index in [1.807, 2.05) is 6.08 Å². The molecular weight excluding hydrogens is 556 g/mol. The average Bonchev–Trinajstić information content (AvgIpc) is 3.09. The summed E-state index contributed by atoms with van der Waals surface area (Å²) >= 11 is 0. The van der Waals surface area contributed by atoms with Crippen LogP contribution in [0.3, 0.4) is 0 Å². The molecule has 0 unspecified atom stereocenters. The molecule has 6 aromatic rings. The molecule has 2 nitrogen and oxygen atoms in total. The third-order valence-corrected chi connectivity index (χ3v) is 10.2. The standard InChI is InChI=1S/C44H38N2/c1-6-30-22-24-33(25-23-30)45(34-17-12-16-32(28-34)31-14-8-7-9-15-31)35-26-27-41-39(29-35)44(4,5)38-20-13-19-37-42(38)46(41)40-21-11-10-18-36(40)43(37,2)3/h6-29H,1H2,2-5H3. The van der Waals surface area contributed by atoms with Crippen molar-refractivity contribution in [2.45, 2.75) is 38.5 Å². The predicted molar refractivity (Wildman–Crippen MR) is 196 cm³/mol. The first kappa shape index (κ1) is 28.2. The van der Waals surface area contributed by atoms with E-state index in [1.54, 1.807) is 0 Å². The van der Waals surface area contributed by atoms with Crippen molar-refractivity contribution in [3.05, 3.63) is 174 Å². The fourth-order valence-corrected chi connectivity index (χ4v) is 7.67. The van der Waals surface area contributed by atoms with E-state index in [1.165, 1.54) is 50.4 Å². The Balaban J connectivity index is 1.34. The molecule has 0 saturated carbocycles. The van der Waals surface area contributed by atoms with E-state index >= 15 is 0 Å². The van der Waals surface area contributed by atoms with Crippen molar-refractivity contribution in [1.29, 1.82) is 0 Å². The van der Waals surface area contributed by atoms with Crippen molar-refractivity contribution in [1.82, 2.24) is 0 Å². The Morgan fingerprint density at radius 3 is 1.80 bits per heavy atom. The number of benzene rings is 6. The van der Waals surface area contributed by atoms with Crippen molar-refractivity contribution in [3.63, 3.8) is 0 Å². The number of rotatable bonds is 5. The van der Waals surface area contributed by atoms with Crippen molar-refractivity contribution < 1.29 is 0 Å². The average molecular weight is 595 g/mol. The van der Waals surface area contributed by atoms with Crippen LogP contribution in [0, 0.1) is 0 Å². The van der Waals surface area contributed by atoms with Gasteiger partial charge in [0, 0.05) is 27.9 Å². The summed E-state index contributed by atoms with van der Waals surface area (Å²) in [5, 5.41) is 0. The lowest BCUT2D eigenvalue weighted by Gasteiger charge is -2.49. The maximum atomic E-state index is 3.98. The smallest absolute Gasteiger partial charge is 0.0543 e. The topological polar surface area (TPSA) is 6.48 Å². The molecule has 0 N–H and O–H groups in total. The highest BCUT2D eigenvalue weighted by atomic mass is 15.2. The Bertz CT molecular complexity index is 2120. The number of nitrogens with zero attached hydrogens (tertiary/aromatic N) is 2. The number of anilines is 6. The minimum absolute atomic E-state index is 0.0931. The zero-order chi connectivity index (χ0) is 31.6. The molecule has 0 bridgehead atoms. The Kier molecular flexibility index (Phi) is 6.34. The van der Waals surface area contributed by atoms with E-state index < -0.39 is 0 Å². The van der Waals surface area contributed by atoms with E-state index in [4.69, 9.17) is 0 Å². The zero-order valence-electron chi connectivity index (χ0n) is 27.0. The second kappa shape index (κ2) is 10.4. The monoisotopic (exact) mass is 594 g/mol. The van der Waals surface area contributed by atoms with E-state index in [9.17, 15) is 0 Å². The molecule has 0 fully saturated rings. The van der Waals surface area contributed by atoms with E-state index in [0.717, 1.165) is 22.6 Å². The molecule has 8 rings (SSSR count). The number of fused-ring (bicyclic) bond motifs is 4. The molecule has 0 amide bonds. The molecule has 2 aliphatic rings. The van der Waals surface area contributed by atoms with Gasteiger partial charge < -0.3 is 9.80 Å². The molecule has 46 heavy (non-hydrogen) atoms. The van der Waals surface area contributed by atoms with Gasteiger partial charge in [-0.15, -0.1) is 0 Å². The fourth-order valence-electron chi connectivity index (χ4n) is 7.67. The molecule has 224 valence electrons. The lowest BCUT2D eigenvalue weighted by Crippen LogP contribution is -2.38. The molecule has 2 aliphatic heterocycles. The van der Waals surface area contributed by atoms with Gasteiger partial charge in [0.25, 0.3) is 0 Å². The molecule has 0 atom stereocenters. The Labute approximate surface area is 272 Å². The molecule has 0 aliphatic carbocycles. The first-order chi connectivity index (χ1) is 22.3. The van der Waals surface area contributed by atoms with Gasteiger partial charge in [0.05, 0.1) is 17.1 Å². The molecule has 6 aromatic carbocycles. The van der Waals surface area contributed by atoms with Gasteiger partial charge >= 0.3 is 0 Å². The van der Waals surface area contributed by atoms with Gasteiger partial charge in [0.2, 0.25) is 0 Å². The Morgan fingerprint density at radius 2 is 1.07 bits per heavy atom. The van der Waals surface area contributed by atoms with E-state index in [2.05, 4.69) is 184 Å². The van der Waals surface area contributed by atoms with E-state index in [0.29, 0.717) is 0 Å². The Morgan fingerprint density at radius 1 is 0.500 bits per heavy atom. The fraction of sp³-hybridized carbons (Fsp3) is 0.136. The van der Waals surface area contributed by atoms with Crippen LogP contribution in [0.15, 0.2) is 146 Å². The van der Waals surface area contributed by atoms with Crippen molar-refractivity contribution in [2.24, 2.45) is 0 Å². The normalized spacial score (nSPS) is 14.9. The van der Waals surface area contributed by atoms with Gasteiger partial charge in [0.1, 0.15) is 0 Å². The predicted octanol–water partition coefficient (Wildman–Crippen LogP) is 12.2. The maximum absolute atomic E-state index is 3.98. The van der Waals surface area contributed by atoms with Crippen LogP contribution < -0.4 is 9.80 Å². The van der Waals surface area contributed by atoms with Crippen LogP contribution in [0.25, 0.3) is 17.2 Å². The van der Waals surface area contributed by atoms with Crippen molar-refractivity contribution in [3.8, 4) is 11.1 Å². The summed E-state index contributed by atoms with van der Waals surface area (Å²) in [7, 11) is 0. The first-order valence-corrected chi connectivity index (χ1v) is 16.2. The number of hydrogen-bond donors (Lipinski definition) is 0. The highest BCUT2D eigenvalue weighted by molar-refractivity contribution is 5.94. The minimum atomic E-state index is -0.209. The van der Waals surface area contributed by atoms with Gasteiger partial charge in [0.15, 0.2) is 0 Å². The number of hydrogen-bond acceptors (Lipinski definition) is 2. The van der Waals surface area contributed by atoms with Crippen LogP contribution in [0.2, 0.25) is 0 Å².